The normalized spacial score (nSPS) is 20.5. The first-order valence-electron chi connectivity index (χ1n) is 9.13. The maximum Gasteiger partial charge on any atom is 0.240 e. The molecule has 7 heteroatoms. The van der Waals surface area contributed by atoms with Crippen molar-refractivity contribution in [2.45, 2.75) is 57.7 Å². The van der Waals surface area contributed by atoms with Crippen LogP contribution in [-0.4, -0.2) is 39.9 Å². The lowest BCUT2D eigenvalue weighted by atomic mass is 10.1. The zero-order valence-corrected chi connectivity index (χ0v) is 16.1. The monoisotopic (exact) mass is 374 g/mol. The standard InChI is InChI=1S/C19H26N4O2S/c1-13-8-10-14(11-9-13)18-21-22-19(26)23(18)12-17(24)20-15-6-4-3-5-7-16(15)25-2/h8-11,15-16H,3-7,12H2,1-2H3,(H,20,24)(H,22,26)/t15-,16+/m0/s1. The van der Waals surface area contributed by atoms with Gasteiger partial charge in [0.25, 0.3) is 0 Å². The Bertz CT molecular complexity index is 797. The molecule has 0 aliphatic heterocycles. The molecule has 0 unspecified atom stereocenters. The number of carbonyl (C=O) groups is 1. The molecule has 2 N–H and O–H groups in total. The second-order valence-corrected chi connectivity index (χ2v) is 7.28. The van der Waals surface area contributed by atoms with E-state index in [2.05, 4.69) is 15.5 Å². The Morgan fingerprint density at radius 1 is 1.31 bits per heavy atom. The third-order valence-electron chi connectivity index (χ3n) is 4.97. The first kappa shape index (κ1) is 18.8. The number of carbonyl (C=O) groups excluding carboxylic acids is 1. The summed E-state index contributed by atoms with van der Waals surface area (Å²) in [6.45, 7) is 2.18. The number of amides is 1. The van der Waals surface area contributed by atoms with Crippen LogP contribution in [0.1, 0.15) is 37.7 Å². The zero-order chi connectivity index (χ0) is 18.5. The minimum absolute atomic E-state index is 0.0545. The average Bonchev–Trinajstić information content (AvgIpc) is 2.84. The Labute approximate surface area is 159 Å². The smallest absolute Gasteiger partial charge is 0.240 e. The van der Waals surface area contributed by atoms with E-state index in [4.69, 9.17) is 17.0 Å². The molecular formula is C19H26N4O2S. The van der Waals surface area contributed by atoms with Crippen molar-refractivity contribution in [2.24, 2.45) is 0 Å². The first-order valence-corrected chi connectivity index (χ1v) is 9.53. The molecule has 0 bridgehead atoms. The first-order chi connectivity index (χ1) is 12.6. The van der Waals surface area contributed by atoms with Crippen molar-refractivity contribution in [1.29, 1.82) is 0 Å². The van der Waals surface area contributed by atoms with E-state index in [-0.39, 0.29) is 24.6 Å². The summed E-state index contributed by atoms with van der Waals surface area (Å²) in [5.41, 5.74) is 2.10. The van der Waals surface area contributed by atoms with Gasteiger partial charge in [0.15, 0.2) is 10.6 Å². The number of methoxy groups -OCH3 is 1. The van der Waals surface area contributed by atoms with Crippen LogP contribution in [0.3, 0.4) is 0 Å². The molecule has 2 atom stereocenters. The van der Waals surface area contributed by atoms with Crippen LogP contribution in [0.25, 0.3) is 11.4 Å². The number of ether oxygens (including phenoxy) is 1. The molecule has 0 saturated heterocycles. The Morgan fingerprint density at radius 3 is 2.77 bits per heavy atom. The molecule has 3 rings (SSSR count). The third kappa shape index (κ3) is 4.40. The van der Waals surface area contributed by atoms with Crippen molar-refractivity contribution in [3.05, 3.63) is 34.6 Å². The molecule has 2 aromatic rings. The van der Waals surface area contributed by atoms with Crippen LogP contribution < -0.4 is 5.32 Å². The number of aryl methyl sites for hydroxylation is 1. The molecule has 6 nitrogen and oxygen atoms in total. The van der Waals surface area contributed by atoms with Gasteiger partial charge in [-0.05, 0) is 32.0 Å². The largest absolute Gasteiger partial charge is 0.379 e. The summed E-state index contributed by atoms with van der Waals surface area (Å²) < 4.78 is 7.78. The van der Waals surface area contributed by atoms with Gasteiger partial charge in [-0.2, -0.15) is 5.10 Å². The highest BCUT2D eigenvalue weighted by atomic mass is 32.1. The Morgan fingerprint density at radius 2 is 2.04 bits per heavy atom. The van der Waals surface area contributed by atoms with Crippen LogP contribution in [0.15, 0.2) is 24.3 Å². The van der Waals surface area contributed by atoms with E-state index in [0.717, 1.165) is 31.2 Å². The summed E-state index contributed by atoms with van der Waals surface area (Å²) in [6.07, 6.45) is 5.47. The van der Waals surface area contributed by atoms with Gasteiger partial charge in [-0.25, -0.2) is 0 Å². The molecule has 1 aliphatic rings. The van der Waals surface area contributed by atoms with Gasteiger partial charge in [0.2, 0.25) is 5.91 Å². The van der Waals surface area contributed by atoms with Gasteiger partial charge in [-0.15, -0.1) is 0 Å². The molecule has 1 saturated carbocycles. The number of benzene rings is 1. The SMILES string of the molecule is CO[C@@H]1CCCCC[C@@H]1NC(=O)Cn1c(-c2ccc(C)cc2)n[nH]c1=S. The number of nitrogens with zero attached hydrogens (tertiary/aromatic N) is 2. The topological polar surface area (TPSA) is 71.9 Å². The molecule has 140 valence electrons. The minimum Gasteiger partial charge on any atom is -0.379 e. The van der Waals surface area contributed by atoms with Crippen molar-refractivity contribution in [3.8, 4) is 11.4 Å². The maximum absolute atomic E-state index is 12.7. The Hall–Kier alpha value is -1.99. The summed E-state index contributed by atoms with van der Waals surface area (Å²) in [7, 11) is 1.72. The van der Waals surface area contributed by atoms with Gasteiger partial charge < -0.3 is 10.1 Å². The van der Waals surface area contributed by atoms with E-state index in [1.807, 2.05) is 31.2 Å². The minimum atomic E-state index is -0.0650. The molecule has 1 amide bonds. The van der Waals surface area contributed by atoms with Gasteiger partial charge in [0, 0.05) is 12.7 Å². The lowest BCUT2D eigenvalue weighted by molar-refractivity contribution is -0.123. The maximum atomic E-state index is 12.7. The van der Waals surface area contributed by atoms with E-state index in [1.165, 1.54) is 12.0 Å². The summed E-state index contributed by atoms with van der Waals surface area (Å²) in [4.78, 5) is 12.7. The second-order valence-electron chi connectivity index (χ2n) is 6.89. The lowest BCUT2D eigenvalue weighted by Gasteiger charge is -2.25. The lowest BCUT2D eigenvalue weighted by Crippen LogP contribution is -2.44. The molecule has 1 aromatic carbocycles. The van der Waals surface area contributed by atoms with Crippen molar-refractivity contribution in [2.75, 3.05) is 7.11 Å². The van der Waals surface area contributed by atoms with Crippen LogP contribution in [0.2, 0.25) is 0 Å². The van der Waals surface area contributed by atoms with Crippen molar-refractivity contribution in [1.82, 2.24) is 20.1 Å². The molecule has 0 radical (unpaired) electrons. The summed E-state index contributed by atoms with van der Waals surface area (Å²) >= 11 is 5.33. The van der Waals surface area contributed by atoms with Crippen molar-refractivity contribution in [3.63, 3.8) is 0 Å². The van der Waals surface area contributed by atoms with E-state index in [1.54, 1.807) is 11.7 Å². The quantitative estimate of drug-likeness (QED) is 0.622. The molecule has 26 heavy (non-hydrogen) atoms. The van der Waals surface area contributed by atoms with Crippen LogP contribution in [0.5, 0.6) is 0 Å². The summed E-state index contributed by atoms with van der Waals surface area (Å²) in [6, 6.07) is 8.07. The molecule has 1 aliphatic carbocycles. The molecule has 1 aromatic heterocycles. The predicted octanol–water partition coefficient (Wildman–Crippen LogP) is 3.38. The summed E-state index contributed by atoms with van der Waals surface area (Å²) in [5, 5.41) is 10.2. The number of nitrogens with one attached hydrogen (secondary N) is 2. The fraction of sp³-hybridized carbons (Fsp3) is 0.526. The Kier molecular flexibility index (Phi) is 6.21. The number of aromatic nitrogens is 3. The Balaban J connectivity index is 1.74. The van der Waals surface area contributed by atoms with E-state index >= 15 is 0 Å². The predicted molar refractivity (Wildman–Crippen MR) is 103 cm³/mol. The van der Waals surface area contributed by atoms with E-state index in [0.29, 0.717) is 10.6 Å². The zero-order valence-electron chi connectivity index (χ0n) is 15.3. The fourth-order valence-corrected chi connectivity index (χ4v) is 3.70. The van der Waals surface area contributed by atoms with Crippen LogP contribution in [0.4, 0.5) is 0 Å². The number of hydrogen-bond donors (Lipinski definition) is 2. The van der Waals surface area contributed by atoms with Gasteiger partial charge in [0.05, 0.1) is 12.1 Å². The number of aromatic amines is 1. The van der Waals surface area contributed by atoms with Crippen molar-refractivity contribution < 1.29 is 9.53 Å². The number of H-pyrrole nitrogens is 1. The van der Waals surface area contributed by atoms with Crippen LogP contribution >= 0.6 is 12.2 Å². The van der Waals surface area contributed by atoms with Crippen LogP contribution in [-0.2, 0) is 16.1 Å². The molecular weight excluding hydrogens is 348 g/mol. The second kappa shape index (κ2) is 8.60. The van der Waals surface area contributed by atoms with Gasteiger partial charge in [-0.1, -0.05) is 49.1 Å². The fourth-order valence-electron chi connectivity index (χ4n) is 3.50. The molecule has 1 heterocycles. The van der Waals surface area contributed by atoms with Gasteiger partial charge in [0.1, 0.15) is 6.54 Å². The van der Waals surface area contributed by atoms with Gasteiger partial charge in [-0.3, -0.25) is 14.5 Å². The van der Waals surface area contributed by atoms with E-state index in [9.17, 15) is 4.79 Å². The third-order valence-corrected chi connectivity index (χ3v) is 5.28. The van der Waals surface area contributed by atoms with E-state index < -0.39 is 0 Å². The average molecular weight is 375 g/mol. The highest BCUT2D eigenvalue weighted by molar-refractivity contribution is 7.71. The number of hydrogen-bond acceptors (Lipinski definition) is 4. The van der Waals surface area contributed by atoms with Gasteiger partial charge >= 0.3 is 0 Å². The summed E-state index contributed by atoms with van der Waals surface area (Å²) in [5.74, 6) is 0.610. The molecule has 0 spiro atoms. The highest BCUT2D eigenvalue weighted by Gasteiger charge is 2.25. The molecule has 1 fully saturated rings. The highest BCUT2D eigenvalue weighted by Crippen LogP contribution is 2.21. The van der Waals surface area contributed by atoms with Crippen LogP contribution in [0, 0.1) is 11.7 Å². The number of rotatable bonds is 5. The van der Waals surface area contributed by atoms with Crippen molar-refractivity contribution >= 4 is 18.1 Å².